The average molecular weight is 228 g/mol. The van der Waals surface area contributed by atoms with Crippen molar-refractivity contribution in [1.29, 1.82) is 0 Å². The van der Waals surface area contributed by atoms with Crippen molar-refractivity contribution >= 4 is 11.8 Å². The average Bonchev–Trinajstić information content (AvgIpc) is 2.28. The zero-order valence-corrected chi connectivity index (χ0v) is 9.19. The van der Waals surface area contributed by atoms with Crippen LogP contribution < -0.4 is 10.6 Å². The second-order valence-corrected chi connectivity index (χ2v) is 4.01. The van der Waals surface area contributed by atoms with Gasteiger partial charge in [0.15, 0.2) is 0 Å². The van der Waals surface area contributed by atoms with Gasteiger partial charge in [0.05, 0.1) is 5.69 Å². The van der Waals surface area contributed by atoms with E-state index in [2.05, 4.69) is 24.8 Å². The summed E-state index contributed by atoms with van der Waals surface area (Å²) in [5.74, 6) is 1.71. The van der Waals surface area contributed by atoms with Crippen LogP contribution in [-0.2, 0) is 0 Å². The maximum Gasteiger partial charge on any atom is 0.220 e. The zero-order valence-electron chi connectivity index (χ0n) is 9.19. The lowest BCUT2D eigenvalue weighted by Crippen LogP contribution is -2.45. The summed E-state index contributed by atoms with van der Waals surface area (Å²) in [5.41, 5.74) is 6.57. The molecular weight excluding hydrogens is 216 g/mol. The molecule has 2 N–H and O–H groups in total. The van der Waals surface area contributed by atoms with Crippen molar-refractivity contribution in [3.8, 4) is 0 Å². The third kappa shape index (κ3) is 1.89. The molecule has 1 aliphatic rings. The number of anilines is 2. The van der Waals surface area contributed by atoms with Crippen LogP contribution in [0.1, 0.15) is 11.6 Å². The Hall–Kier alpha value is -2.24. The second kappa shape index (κ2) is 3.97. The molecule has 0 saturated carbocycles. The maximum absolute atomic E-state index is 5.56. The summed E-state index contributed by atoms with van der Waals surface area (Å²) in [5, 5.41) is 0. The Balaban J connectivity index is 1.69. The van der Waals surface area contributed by atoms with E-state index in [-0.39, 0.29) is 0 Å². The molecule has 86 valence electrons. The zero-order chi connectivity index (χ0) is 11.7. The van der Waals surface area contributed by atoms with Crippen LogP contribution >= 0.6 is 0 Å². The highest BCUT2D eigenvalue weighted by molar-refractivity contribution is 5.43. The molecule has 1 fully saturated rings. The summed E-state index contributed by atoms with van der Waals surface area (Å²) in [6.07, 6.45) is 5.01. The molecule has 1 saturated heterocycles. The molecule has 3 heterocycles. The van der Waals surface area contributed by atoms with Crippen LogP contribution in [0, 0.1) is 0 Å². The molecular formula is C11H12N6. The van der Waals surface area contributed by atoms with Crippen molar-refractivity contribution < 1.29 is 0 Å². The molecule has 0 aromatic carbocycles. The quantitative estimate of drug-likeness (QED) is 0.803. The summed E-state index contributed by atoms with van der Waals surface area (Å²) in [7, 11) is 0. The van der Waals surface area contributed by atoms with Gasteiger partial charge in [-0.05, 0) is 12.1 Å². The fraction of sp³-hybridized carbons (Fsp3) is 0.273. The Morgan fingerprint density at radius 2 is 2.06 bits per heavy atom. The second-order valence-electron chi connectivity index (χ2n) is 4.01. The largest absolute Gasteiger partial charge is 0.368 e. The van der Waals surface area contributed by atoms with E-state index in [1.54, 1.807) is 18.7 Å². The molecule has 0 unspecified atom stereocenters. The standard InChI is InChI=1S/C11H12N6/c12-11-14-4-1-9(16-11)8-5-17(6-8)10-2-3-13-7-15-10/h1-4,7-8H,5-6H2,(H2,12,14,16). The first kappa shape index (κ1) is 9.95. The highest BCUT2D eigenvalue weighted by Gasteiger charge is 2.30. The number of hydrogen-bond acceptors (Lipinski definition) is 6. The first-order chi connectivity index (χ1) is 8.33. The highest BCUT2D eigenvalue weighted by atomic mass is 15.2. The minimum Gasteiger partial charge on any atom is -0.368 e. The van der Waals surface area contributed by atoms with Gasteiger partial charge >= 0.3 is 0 Å². The lowest BCUT2D eigenvalue weighted by Gasteiger charge is -2.39. The van der Waals surface area contributed by atoms with Crippen LogP contribution in [-0.4, -0.2) is 33.0 Å². The third-order valence-corrected chi connectivity index (χ3v) is 2.89. The van der Waals surface area contributed by atoms with Crippen molar-refractivity contribution in [3.05, 3.63) is 36.5 Å². The SMILES string of the molecule is Nc1nccc(C2CN(c3ccncn3)C2)n1. The lowest BCUT2D eigenvalue weighted by atomic mass is 9.96. The van der Waals surface area contributed by atoms with Crippen molar-refractivity contribution in [1.82, 2.24) is 19.9 Å². The summed E-state index contributed by atoms with van der Waals surface area (Å²) < 4.78 is 0. The van der Waals surface area contributed by atoms with Gasteiger partial charge in [-0.15, -0.1) is 0 Å². The minimum absolute atomic E-state index is 0.336. The molecule has 1 aliphatic heterocycles. The van der Waals surface area contributed by atoms with Crippen LogP contribution in [0.4, 0.5) is 11.8 Å². The highest BCUT2D eigenvalue weighted by Crippen LogP contribution is 2.28. The summed E-state index contributed by atoms with van der Waals surface area (Å²) >= 11 is 0. The van der Waals surface area contributed by atoms with E-state index in [9.17, 15) is 0 Å². The first-order valence-corrected chi connectivity index (χ1v) is 5.42. The molecule has 0 radical (unpaired) electrons. The summed E-state index contributed by atoms with van der Waals surface area (Å²) in [4.78, 5) is 18.4. The van der Waals surface area contributed by atoms with E-state index in [4.69, 9.17) is 5.73 Å². The fourth-order valence-corrected chi connectivity index (χ4v) is 1.94. The van der Waals surface area contributed by atoms with Crippen molar-refractivity contribution in [2.24, 2.45) is 0 Å². The number of nitrogen functional groups attached to an aromatic ring is 1. The molecule has 0 atom stereocenters. The van der Waals surface area contributed by atoms with Crippen molar-refractivity contribution in [3.63, 3.8) is 0 Å². The van der Waals surface area contributed by atoms with Gasteiger partial charge in [-0.25, -0.2) is 19.9 Å². The summed E-state index contributed by atoms with van der Waals surface area (Å²) in [6, 6.07) is 3.82. The third-order valence-electron chi connectivity index (χ3n) is 2.89. The van der Waals surface area contributed by atoms with E-state index < -0.39 is 0 Å². The number of rotatable bonds is 2. The van der Waals surface area contributed by atoms with E-state index >= 15 is 0 Å². The van der Waals surface area contributed by atoms with Gasteiger partial charge in [0.25, 0.3) is 0 Å². The van der Waals surface area contributed by atoms with Crippen LogP contribution in [0.15, 0.2) is 30.9 Å². The maximum atomic E-state index is 5.56. The molecule has 2 aromatic heterocycles. The van der Waals surface area contributed by atoms with Crippen LogP contribution in [0.5, 0.6) is 0 Å². The molecule has 6 nitrogen and oxygen atoms in total. The topological polar surface area (TPSA) is 80.8 Å². The molecule has 0 spiro atoms. The Morgan fingerprint density at radius 1 is 1.18 bits per heavy atom. The number of aromatic nitrogens is 4. The smallest absolute Gasteiger partial charge is 0.220 e. The van der Waals surface area contributed by atoms with E-state index in [1.165, 1.54) is 0 Å². The van der Waals surface area contributed by atoms with Gasteiger partial charge < -0.3 is 10.6 Å². The van der Waals surface area contributed by atoms with Crippen molar-refractivity contribution in [2.75, 3.05) is 23.7 Å². The van der Waals surface area contributed by atoms with Gasteiger partial charge in [-0.3, -0.25) is 0 Å². The van der Waals surface area contributed by atoms with Gasteiger partial charge in [-0.1, -0.05) is 0 Å². The van der Waals surface area contributed by atoms with Crippen molar-refractivity contribution in [2.45, 2.75) is 5.92 Å². The molecule has 0 amide bonds. The van der Waals surface area contributed by atoms with Crippen LogP contribution in [0.3, 0.4) is 0 Å². The van der Waals surface area contributed by atoms with E-state index in [0.29, 0.717) is 11.9 Å². The lowest BCUT2D eigenvalue weighted by molar-refractivity contribution is 0.508. The number of nitrogens with zero attached hydrogens (tertiary/aromatic N) is 5. The normalized spacial score (nSPS) is 15.6. The number of nitrogens with two attached hydrogens (primary N) is 1. The first-order valence-electron chi connectivity index (χ1n) is 5.42. The predicted octanol–water partition coefficient (Wildman–Crippen LogP) is 0.453. The summed E-state index contributed by atoms with van der Waals surface area (Å²) in [6.45, 7) is 1.82. The van der Waals surface area contributed by atoms with Crippen LogP contribution in [0.25, 0.3) is 0 Å². The Morgan fingerprint density at radius 3 is 2.76 bits per heavy atom. The molecule has 0 bridgehead atoms. The van der Waals surface area contributed by atoms with E-state index in [0.717, 1.165) is 24.6 Å². The molecule has 3 rings (SSSR count). The minimum atomic E-state index is 0.336. The van der Waals surface area contributed by atoms with Crippen LogP contribution in [0.2, 0.25) is 0 Å². The van der Waals surface area contributed by atoms with Gasteiger partial charge in [0, 0.05) is 31.4 Å². The molecule has 2 aromatic rings. The van der Waals surface area contributed by atoms with E-state index in [1.807, 2.05) is 12.1 Å². The molecule has 17 heavy (non-hydrogen) atoms. The van der Waals surface area contributed by atoms with Gasteiger partial charge in [0.2, 0.25) is 5.95 Å². The fourth-order valence-electron chi connectivity index (χ4n) is 1.94. The Labute approximate surface area is 98.6 Å². The van der Waals surface area contributed by atoms with Gasteiger partial charge in [0.1, 0.15) is 12.1 Å². The number of hydrogen-bond donors (Lipinski definition) is 1. The molecule has 6 heteroatoms. The predicted molar refractivity (Wildman–Crippen MR) is 63.4 cm³/mol. The van der Waals surface area contributed by atoms with Gasteiger partial charge in [-0.2, -0.15) is 0 Å². The molecule has 0 aliphatic carbocycles. The Kier molecular flexibility index (Phi) is 2.32. The monoisotopic (exact) mass is 228 g/mol. The Bertz CT molecular complexity index is 508.